The number of rotatable bonds is 8. The summed E-state index contributed by atoms with van der Waals surface area (Å²) < 4.78 is 5.10. The molecule has 1 aromatic rings. The normalized spacial score (nSPS) is 13.8. The quantitative estimate of drug-likeness (QED) is 0.451. The van der Waals surface area contributed by atoms with Crippen LogP contribution in [0.15, 0.2) is 29.4 Å². The Labute approximate surface area is 119 Å². The van der Waals surface area contributed by atoms with Crippen LogP contribution in [0.3, 0.4) is 0 Å². The second-order valence-electron chi connectivity index (χ2n) is 4.44. The molecule has 1 aromatic heterocycles. The van der Waals surface area contributed by atoms with Crippen LogP contribution >= 0.6 is 11.8 Å². The van der Waals surface area contributed by atoms with E-state index in [1.54, 1.807) is 31.2 Å². The Morgan fingerprint density at radius 3 is 2.74 bits per heavy atom. The van der Waals surface area contributed by atoms with E-state index in [9.17, 15) is 4.79 Å². The molecular weight excluding hydrogens is 260 g/mol. The van der Waals surface area contributed by atoms with Gasteiger partial charge in [0.25, 0.3) is 0 Å². The number of likely N-dealkylation sites (N-methyl/N-ethyl adjacent to an activating group) is 1. The number of ether oxygens (including phenoxy) is 1. The van der Waals surface area contributed by atoms with E-state index < -0.39 is 5.54 Å². The summed E-state index contributed by atoms with van der Waals surface area (Å²) in [6.07, 6.45) is 5.29. The van der Waals surface area contributed by atoms with Gasteiger partial charge in [-0.05, 0) is 51.6 Å². The summed E-state index contributed by atoms with van der Waals surface area (Å²) in [7, 11) is 1.80. The van der Waals surface area contributed by atoms with Gasteiger partial charge < -0.3 is 10.1 Å². The molecule has 19 heavy (non-hydrogen) atoms. The number of hydrogen-bond acceptors (Lipinski definition) is 5. The van der Waals surface area contributed by atoms with E-state index in [4.69, 9.17) is 4.74 Å². The number of pyridine rings is 1. The topological polar surface area (TPSA) is 51.2 Å². The zero-order chi connectivity index (χ0) is 14.1. The molecule has 4 nitrogen and oxygen atoms in total. The number of carbonyl (C=O) groups is 1. The molecule has 1 N–H and O–H groups in total. The molecule has 1 unspecified atom stereocenters. The van der Waals surface area contributed by atoms with E-state index in [0.717, 1.165) is 18.6 Å². The molecule has 0 spiro atoms. The standard InChI is InChI=1S/C14H22N2O2S/c1-4-18-13(17)14(2,15-3)8-5-11-19-12-6-9-16-10-7-12/h6-7,9-10,15H,4-5,8,11H2,1-3H3. The molecule has 1 atom stereocenters. The van der Waals surface area contributed by atoms with E-state index in [0.29, 0.717) is 6.61 Å². The SMILES string of the molecule is CCOC(=O)C(C)(CCCSc1ccncc1)NC. The van der Waals surface area contributed by atoms with Crippen molar-refractivity contribution in [2.75, 3.05) is 19.4 Å². The second kappa shape index (κ2) is 8.17. The van der Waals surface area contributed by atoms with Crippen LogP contribution in [0, 0.1) is 0 Å². The molecule has 0 saturated carbocycles. The van der Waals surface area contributed by atoms with E-state index in [2.05, 4.69) is 10.3 Å². The molecule has 0 aliphatic carbocycles. The van der Waals surface area contributed by atoms with Crippen LogP contribution in [-0.2, 0) is 9.53 Å². The summed E-state index contributed by atoms with van der Waals surface area (Å²) in [5, 5.41) is 3.07. The summed E-state index contributed by atoms with van der Waals surface area (Å²) in [5.41, 5.74) is -0.588. The van der Waals surface area contributed by atoms with Crippen molar-refractivity contribution in [3.63, 3.8) is 0 Å². The third kappa shape index (κ3) is 5.20. The first-order valence-electron chi connectivity index (χ1n) is 6.51. The van der Waals surface area contributed by atoms with E-state index in [1.165, 1.54) is 4.90 Å². The van der Waals surface area contributed by atoms with Crippen molar-refractivity contribution in [2.24, 2.45) is 0 Å². The Balaban J connectivity index is 2.35. The van der Waals surface area contributed by atoms with Crippen molar-refractivity contribution in [1.29, 1.82) is 0 Å². The van der Waals surface area contributed by atoms with Crippen molar-refractivity contribution in [1.82, 2.24) is 10.3 Å². The molecule has 0 radical (unpaired) electrons. The maximum Gasteiger partial charge on any atom is 0.326 e. The maximum atomic E-state index is 11.9. The van der Waals surface area contributed by atoms with E-state index in [1.807, 2.05) is 26.0 Å². The van der Waals surface area contributed by atoms with Crippen molar-refractivity contribution in [3.8, 4) is 0 Å². The predicted octanol–water partition coefficient (Wildman–Crippen LogP) is 2.50. The number of aromatic nitrogens is 1. The van der Waals surface area contributed by atoms with Crippen molar-refractivity contribution in [3.05, 3.63) is 24.5 Å². The van der Waals surface area contributed by atoms with Crippen LogP contribution in [0.25, 0.3) is 0 Å². The summed E-state index contributed by atoms with van der Waals surface area (Å²) in [6.45, 7) is 4.14. The fraction of sp³-hybridized carbons (Fsp3) is 0.571. The fourth-order valence-electron chi connectivity index (χ4n) is 1.67. The first-order valence-corrected chi connectivity index (χ1v) is 7.50. The molecule has 1 heterocycles. The first-order chi connectivity index (χ1) is 9.12. The number of nitrogens with one attached hydrogen (secondary N) is 1. The number of hydrogen-bond donors (Lipinski definition) is 1. The van der Waals surface area contributed by atoms with Gasteiger partial charge in [-0.2, -0.15) is 0 Å². The molecule has 0 fully saturated rings. The zero-order valence-corrected chi connectivity index (χ0v) is 12.6. The minimum atomic E-state index is -0.588. The Morgan fingerprint density at radius 1 is 1.47 bits per heavy atom. The van der Waals surface area contributed by atoms with Gasteiger partial charge in [-0.1, -0.05) is 0 Å². The maximum absolute atomic E-state index is 11.9. The molecule has 0 bridgehead atoms. The van der Waals surface area contributed by atoms with E-state index in [-0.39, 0.29) is 5.97 Å². The molecular formula is C14H22N2O2S. The molecule has 0 saturated heterocycles. The number of carbonyl (C=O) groups excluding carboxylic acids is 1. The predicted molar refractivity (Wildman–Crippen MR) is 78.3 cm³/mol. The molecule has 106 valence electrons. The molecule has 0 amide bonds. The molecule has 0 aromatic carbocycles. The highest BCUT2D eigenvalue weighted by molar-refractivity contribution is 7.99. The van der Waals surface area contributed by atoms with Crippen molar-refractivity contribution < 1.29 is 9.53 Å². The monoisotopic (exact) mass is 282 g/mol. The van der Waals surface area contributed by atoms with E-state index >= 15 is 0 Å². The van der Waals surface area contributed by atoms with Crippen molar-refractivity contribution in [2.45, 2.75) is 37.1 Å². The van der Waals surface area contributed by atoms with Gasteiger partial charge in [0.2, 0.25) is 0 Å². The van der Waals surface area contributed by atoms with Gasteiger partial charge in [-0.3, -0.25) is 9.78 Å². The third-order valence-corrected chi connectivity index (χ3v) is 4.12. The Bertz CT molecular complexity index is 386. The van der Waals surface area contributed by atoms with Crippen LogP contribution in [0.4, 0.5) is 0 Å². The highest BCUT2D eigenvalue weighted by Gasteiger charge is 2.32. The van der Waals surface area contributed by atoms with Gasteiger partial charge in [-0.15, -0.1) is 11.8 Å². The molecule has 0 aliphatic rings. The third-order valence-electron chi connectivity index (χ3n) is 3.02. The summed E-state index contributed by atoms with van der Waals surface area (Å²) in [6, 6.07) is 3.99. The summed E-state index contributed by atoms with van der Waals surface area (Å²) in [4.78, 5) is 17.1. The van der Waals surface area contributed by atoms with Gasteiger partial charge in [0, 0.05) is 17.3 Å². The summed E-state index contributed by atoms with van der Waals surface area (Å²) >= 11 is 1.78. The minimum absolute atomic E-state index is 0.175. The number of esters is 1. The van der Waals surface area contributed by atoms with Crippen LogP contribution in [0.5, 0.6) is 0 Å². The largest absolute Gasteiger partial charge is 0.465 e. The highest BCUT2D eigenvalue weighted by atomic mass is 32.2. The fourth-order valence-corrected chi connectivity index (χ4v) is 2.51. The average Bonchev–Trinajstić information content (AvgIpc) is 2.44. The second-order valence-corrected chi connectivity index (χ2v) is 5.61. The first kappa shape index (κ1) is 16.0. The van der Waals surface area contributed by atoms with Gasteiger partial charge in [-0.25, -0.2) is 0 Å². The highest BCUT2D eigenvalue weighted by Crippen LogP contribution is 2.21. The molecule has 5 heteroatoms. The average molecular weight is 282 g/mol. The Morgan fingerprint density at radius 2 is 2.16 bits per heavy atom. The smallest absolute Gasteiger partial charge is 0.326 e. The lowest BCUT2D eigenvalue weighted by molar-refractivity contribution is -0.150. The zero-order valence-electron chi connectivity index (χ0n) is 11.8. The Kier molecular flexibility index (Phi) is 6.87. The van der Waals surface area contributed by atoms with Crippen molar-refractivity contribution >= 4 is 17.7 Å². The minimum Gasteiger partial charge on any atom is -0.465 e. The lowest BCUT2D eigenvalue weighted by Gasteiger charge is -2.26. The van der Waals surface area contributed by atoms with Crippen LogP contribution in [0.2, 0.25) is 0 Å². The van der Waals surface area contributed by atoms with Crippen LogP contribution in [-0.4, -0.2) is 35.9 Å². The van der Waals surface area contributed by atoms with Gasteiger partial charge in [0.15, 0.2) is 0 Å². The number of thioether (sulfide) groups is 1. The Hall–Kier alpha value is -1.07. The van der Waals surface area contributed by atoms with Gasteiger partial charge in [0.05, 0.1) is 6.61 Å². The number of nitrogens with zero attached hydrogens (tertiary/aromatic N) is 1. The lowest BCUT2D eigenvalue weighted by atomic mass is 9.97. The lowest BCUT2D eigenvalue weighted by Crippen LogP contribution is -2.48. The van der Waals surface area contributed by atoms with Crippen LogP contribution in [0.1, 0.15) is 26.7 Å². The van der Waals surface area contributed by atoms with Crippen LogP contribution < -0.4 is 5.32 Å². The molecule has 0 aliphatic heterocycles. The molecule has 1 rings (SSSR count). The summed E-state index contributed by atoms with van der Waals surface area (Å²) in [5.74, 6) is 0.798. The van der Waals surface area contributed by atoms with Gasteiger partial charge >= 0.3 is 5.97 Å². The van der Waals surface area contributed by atoms with Gasteiger partial charge in [0.1, 0.15) is 5.54 Å².